The summed E-state index contributed by atoms with van der Waals surface area (Å²) in [5.74, 6) is 1.47. The van der Waals surface area contributed by atoms with E-state index in [1.165, 1.54) is 63.6 Å². The van der Waals surface area contributed by atoms with E-state index in [0.29, 0.717) is 5.84 Å². The Bertz CT molecular complexity index is 3430. The number of benzene rings is 9. The van der Waals surface area contributed by atoms with Crippen molar-refractivity contribution >= 4 is 97.4 Å². The monoisotopic (exact) mass is 733 g/mol. The van der Waals surface area contributed by atoms with Gasteiger partial charge in [0.15, 0.2) is 5.84 Å². The lowest BCUT2D eigenvalue weighted by Crippen LogP contribution is -2.33. The largest absolute Gasteiger partial charge is 0.456 e. The number of hydrogen-bond acceptors (Lipinski definition) is 5. The predicted octanol–water partition coefficient (Wildman–Crippen LogP) is 13.6. The lowest BCUT2D eigenvalue weighted by atomic mass is 9.92. The van der Waals surface area contributed by atoms with E-state index >= 15 is 0 Å². The lowest BCUT2D eigenvalue weighted by molar-refractivity contribution is 0.668. The van der Waals surface area contributed by atoms with Crippen LogP contribution in [0.15, 0.2) is 190 Å². The molecule has 1 N–H and O–H groups in total. The highest BCUT2D eigenvalue weighted by atomic mass is 32.1. The summed E-state index contributed by atoms with van der Waals surface area (Å²) in [6.45, 7) is 0. The van der Waals surface area contributed by atoms with Crippen molar-refractivity contribution in [2.24, 2.45) is 9.98 Å². The van der Waals surface area contributed by atoms with Crippen molar-refractivity contribution in [1.29, 1.82) is 0 Å². The average molecular weight is 734 g/mol. The average Bonchev–Trinajstić information content (AvgIpc) is 3.85. The molecule has 0 aliphatic carbocycles. The molecule has 3 heterocycles. The Hall–Kier alpha value is -7.08. The van der Waals surface area contributed by atoms with Gasteiger partial charge in [0, 0.05) is 42.1 Å². The number of aliphatic imine (C=N–C) groups is 2. The van der Waals surface area contributed by atoms with Gasteiger partial charge in [0.1, 0.15) is 23.2 Å². The molecule has 4 nitrogen and oxygen atoms in total. The number of rotatable bonds is 4. The van der Waals surface area contributed by atoms with E-state index < -0.39 is 0 Å². The SMILES string of the molecule is c1ccc(C2=NC(c3ccc4c(c3)sc3c(-c5ccc6c7ccccc7c7ccccc7c6c5)cccc34)NC(c3cccc4oc5ccccc5c34)=N2)cc1. The van der Waals surface area contributed by atoms with Crippen LogP contribution in [0.5, 0.6) is 0 Å². The van der Waals surface area contributed by atoms with Crippen LogP contribution in [0.2, 0.25) is 0 Å². The molecule has 0 bridgehead atoms. The predicted molar refractivity (Wildman–Crippen MR) is 236 cm³/mol. The van der Waals surface area contributed by atoms with Crippen LogP contribution >= 0.6 is 11.3 Å². The molecule has 9 aromatic carbocycles. The second-order valence-corrected chi connectivity index (χ2v) is 15.5. The number of furan rings is 1. The summed E-state index contributed by atoms with van der Waals surface area (Å²) in [7, 11) is 0. The number of nitrogens with zero attached hydrogens (tertiary/aromatic N) is 2. The minimum Gasteiger partial charge on any atom is -0.456 e. The quantitative estimate of drug-likeness (QED) is 0.183. The molecule has 0 spiro atoms. The summed E-state index contributed by atoms with van der Waals surface area (Å²) >= 11 is 1.85. The number of nitrogens with one attached hydrogen (secondary N) is 1. The Morgan fingerprint density at radius 1 is 0.464 bits per heavy atom. The maximum Gasteiger partial charge on any atom is 0.159 e. The van der Waals surface area contributed by atoms with Gasteiger partial charge < -0.3 is 9.73 Å². The molecule has 1 atom stereocenters. The Morgan fingerprint density at radius 2 is 1.09 bits per heavy atom. The van der Waals surface area contributed by atoms with Crippen LogP contribution in [0.3, 0.4) is 0 Å². The molecule has 0 saturated carbocycles. The maximum atomic E-state index is 6.27. The van der Waals surface area contributed by atoms with Gasteiger partial charge >= 0.3 is 0 Å². The van der Waals surface area contributed by atoms with Gasteiger partial charge in [0.05, 0.1) is 0 Å². The molecule has 1 aliphatic heterocycles. The second-order valence-electron chi connectivity index (χ2n) is 14.5. The van der Waals surface area contributed by atoms with Crippen molar-refractivity contribution < 1.29 is 4.42 Å². The van der Waals surface area contributed by atoms with Gasteiger partial charge in [0.2, 0.25) is 0 Å². The van der Waals surface area contributed by atoms with E-state index in [1.54, 1.807) is 0 Å². The normalized spacial score (nSPS) is 14.6. The Balaban J connectivity index is 0.992. The van der Waals surface area contributed by atoms with Crippen LogP contribution in [-0.2, 0) is 0 Å². The molecule has 262 valence electrons. The minimum atomic E-state index is -0.344. The highest BCUT2D eigenvalue weighted by Gasteiger charge is 2.24. The topological polar surface area (TPSA) is 49.9 Å². The summed E-state index contributed by atoms with van der Waals surface area (Å²) in [6, 6.07) is 62.7. The second kappa shape index (κ2) is 12.2. The van der Waals surface area contributed by atoms with Crippen molar-refractivity contribution in [1.82, 2.24) is 5.32 Å². The first kappa shape index (κ1) is 31.3. The number of para-hydroxylation sites is 1. The standard InChI is InChI=1S/C51H31N3OS/c1-2-12-30(13-3-1)49-52-50(54-51(53-49)42-21-11-23-45-47(42)41-18-8-9-22-44(41)55-45)32-25-27-39-40-20-10-19-33(48(40)56-46(39)29-32)31-24-26-38-36-16-5-4-14-34(36)35-15-6-7-17-37(35)43(38)28-31/h1-29,50H,(H,52,53,54). The van der Waals surface area contributed by atoms with Crippen molar-refractivity contribution in [2.45, 2.75) is 6.17 Å². The third kappa shape index (κ3) is 4.78. The molecule has 1 unspecified atom stereocenters. The van der Waals surface area contributed by atoms with Crippen molar-refractivity contribution in [3.63, 3.8) is 0 Å². The van der Waals surface area contributed by atoms with Crippen molar-refractivity contribution in [2.75, 3.05) is 0 Å². The smallest absolute Gasteiger partial charge is 0.159 e. The van der Waals surface area contributed by atoms with Crippen molar-refractivity contribution in [3.05, 3.63) is 193 Å². The van der Waals surface area contributed by atoms with Gasteiger partial charge in [-0.3, -0.25) is 0 Å². The molecule has 0 amide bonds. The Morgan fingerprint density at radius 3 is 1.89 bits per heavy atom. The summed E-state index contributed by atoms with van der Waals surface area (Å²) in [5, 5.41) is 16.1. The van der Waals surface area contributed by atoms with E-state index in [4.69, 9.17) is 14.4 Å². The number of amidine groups is 2. The van der Waals surface area contributed by atoms with E-state index in [-0.39, 0.29) is 6.17 Å². The third-order valence-electron chi connectivity index (χ3n) is 11.3. The number of thiophene rings is 1. The van der Waals surface area contributed by atoms with Crippen LogP contribution in [0, 0.1) is 0 Å². The third-order valence-corrected chi connectivity index (χ3v) is 12.5. The molecular weight excluding hydrogens is 703 g/mol. The van der Waals surface area contributed by atoms with E-state index in [2.05, 4.69) is 139 Å². The minimum absolute atomic E-state index is 0.344. The lowest BCUT2D eigenvalue weighted by Gasteiger charge is -2.24. The molecule has 11 aromatic rings. The highest BCUT2D eigenvalue weighted by Crippen LogP contribution is 2.43. The van der Waals surface area contributed by atoms with Gasteiger partial charge in [-0.05, 0) is 73.3 Å². The summed E-state index contributed by atoms with van der Waals surface area (Å²) in [6.07, 6.45) is -0.344. The molecule has 0 radical (unpaired) electrons. The van der Waals surface area contributed by atoms with Crippen LogP contribution in [0.4, 0.5) is 0 Å². The molecule has 12 rings (SSSR count). The van der Waals surface area contributed by atoms with Crippen LogP contribution in [0.25, 0.3) is 85.6 Å². The van der Waals surface area contributed by atoms with E-state index in [0.717, 1.165) is 44.5 Å². The van der Waals surface area contributed by atoms with Crippen LogP contribution in [-0.4, -0.2) is 11.7 Å². The van der Waals surface area contributed by atoms with Gasteiger partial charge in [-0.2, -0.15) is 0 Å². The number of fused-ring (bicyclic) bond motifs is 12. The zero-order valence-electron chi connectivity index (χ0n) is 30.0. The summed E-state index contributed by atoms with van der Waals surface area (Å²) < 4.78 is 8.79. The van der Waals surface area contributed by atoms with Crippen molar-refractivity contribution in [3.8, 4) is 11.1 Å². The Labute approximate surface area is 325 Å². The molecule has 0 saturated heterocycles. The van der Waals surface area contributed by atoms with Gasteiger partial charge in [-0.25, -0.2) is 9.98 Å². The van der Waals surface area contributed by atoms with Crippen LogP contribution in [0.1, 0.15) is 22.9 Å². The van der Waals surface area contributed by atoms with E-state index in [1.807, 2.05) is 53.8 Å². The van der Waals surface area contributed by atoms with Gasteiger partial charge in [0.25, 0.3) is 0 Å². The summed E-state index contributed by atoms with van der Waals surface area (Å²) in [4.78, 5) is 10.4. The molecule has 56 heavy (non-hydrogen) atoms. The maximum absolute atomic E-state index is 6.27. The Kier molecular flexibility index (Phi) is 6.83. The fourth-order valence-corrected chi connectivity index (χ4v) is 10.0. The zero-order chi connectivity index (χ0) is 36.7. The first-order valence-electron chi connectivity index (χ1n) is 18.9. The fourth-order valence-electron chi connectivity index (χ4n) is 8.73. The first-order chi connectivity index (χ1) is 27.7. The molecular formula is C51H31N3OS. The van der Waals surface area contributed by atoms with Gasteiger partial charge in [-0.1, -0.05) is 152 Å². The highest BCUT2D eigenvalue weighted by molar-refractivity contribution is 7.26. The number of hydrogen-bond donors (Lipinski definition) is 1. The molecule has 0 fully saturated rings. The van der Waals surface area contributed by atoms with E-state index in [9.17, 15) is 0 Å². The zero-order valence-corrected chi connectivity index (χ0v) is 30.8. The molecule has 1 aliphatic rings. The molecule has 2 aromatic heterocycles. The van der Waals surface area contributed by atoms with Crippen LogP contribution < -0.4 is 5.32 Å². The first-order valence-corrected chi connectivity index (χ1v) is 19.7. The fraction of sp³-hybridized carbons (Fsp3) is 0.0196. The summed E-state index contributed by atoms with van der Waals surface area (Å²) in [5.41, 5.74) is 7.22. The van der Waals surface area contributed by atoms with Gasteiger partial charge in [-0.15, -0.1) is 11.3 Å². The molecule has 5 heteroatoms.